The van der Waals surface area contributed by atoms with Crippen LogP contribution in [-0.2, 0) is 24.9 Å². The third-order valence-corrected chi connectivity index (χ3v) is 7.40. The molecule has 0 aliphatic heterocycles. The third-order valence-electron chi connectivity index (χ3n) is 5.70. The number of hydrogen-bond acceptors (Lipinski definition) is 7. The first kappa shape index (κ1) is 23.7. The van der Waals surface area contributed by atoms with E-state index < -0.39 is 5.56 Å². The van der Waals surface area contributed by atoms with E-state index in [-0.39, 0.29) is 29.3 Å². The van der Waals surface area contributed by atoms with Gasteiger partial charge < -0.3 is 4.90 Å². The van der Waals surface area contributed by atoms with Gasteiger partial charge in [0.05, 0.1) is 5.75 Å². The maximum atomic E-state index is 13.2. The predicted octanol–water partition coefficient (Wildman–Crippen LogP) is 3.37. The van der Waals surface area contributed by atoms with E-state index in [1.807, 2.05) is 37.1 Å². The van der Waals surface area contributed by atoms with Gasteiger partial charge in [0, 0.05) is 32.1 Å². The predicted molar refractivity (Wildman–Crippen MR) is 132 cm³/mol. The number of carbonyl (C=O) groups is 1. The molecule has 0 spiro atoms. The number of carbonyl (C=O) groups excluding carboxylic acids is 1. The molecule has 4 rings (SSSR count). The van der Waals surface area contributed by atoms with Crippen molar-refractivity contribution in [2.24, 2.45) is 7.05 Å². The van der Waals surface area contributed by atoms with Crippen molar-refractivity contribution in [2.75, 3.05) is 5.75 Å². The Morgan fingerprint density at radius 3 is 2.67 bits per heavy atom. The number of nitrogens with zero attached hydrogens (tertiary/aromatic N) is 5. The molecule has 0 bridgehead atoms. The minimum Gasteiger partial charge on any atom is -0.335 e. The maximum Gasteiger partial charge on any atom is 0.332 e. The van der Waals surface area contributed by atoms with Gasteiger partial charge in [-0.25, -0.2) is 14.8 Å². The summed E-state index contributed by atoms with van der Waals surface area (Å²) >= 11 is 2.89. The topological polar surface area (TPSA) is 90.1 Å². The number of thiophene rings is 1. The molecule has 3 aromatic heterocycles. The smallest absolute Gasteiger partial charge is 0.332 e. The zero-order valence-corrected chi connectivity index (χ0v) is 21.0. The van der Waals surface area contributed by atoms with E-state index >= 15 is 0 Å². The van der Waals surface area contributed by atoms with Gasteiger partial charge in [-0.2, -0.15) is 11.3 Å². The van der Waals surface area contributed by atoms with E-state index in [1.54, 1.807) is 15.9 Å². The Morgan fingerprint density at radius 2 is 2.06 bits per heavy atom. The molecule has 176 valence electrons. The summed E-state index contributed by atoms with van der Waals surface area (Å²) in [4.78, 5) is 50.2. The van der Waals surface area contributed by atoms with Gasteiger partial charge in [0.1, 0.15) is 16.2 Å². The van der Waals surface area contributed by atoms with Crippen molar-refractivity contribution < 1.29 is 4.79 Å². The maximum absolute atomic E-state index is 13.2. The molecule has 0 N–H and O–H groups in total. The van der Waals surface area contributed by atoms with Crippen molar-refractivity contribution in [2.45, 2.75) is 70.1 Å². The fraction of sp³-hybridized carbons (Fsp3) is 0.522. The van der Waals surface area contributed by atoms with Crippen molar-refractivity contribution in [1.29, 1.82) is 0 Å². The van der Waals surface area contributed by atoms with Crippen LogP contribution in [0.2, 0.25) is 0 Å². The van der Waals surface area contributed by atoms with Gasteiger partial charge in [0.25, 0.3) is 5.56 Å². The van der Waals surface area contributed by atoms with Crippen molar-refractivity contribution >= 4 is 40.0 Å². The largest absolute Gasteiger partial charge is 0.335 e. The highest BCUT2D eigenvalue weighted by Crippen LogP contribution is 2.31. The highest BCUT2D eigenvalue weighted by Gasteiger charge is 2.32. The Kier molecular flexibility index (Phi) is 7.04. The van der Waals surface area contributed by atoms with Crippen LogP contribution in [0.5, 0.6) is 0 Å². The van der Waals surface area contributed by atoms with Gasteiger partial charge in [-0.1, -0.05) is 32.5 Å². The lowest BCUT2D eigenvalue weighted by Gasteiger charge is -2.22. The molecule has 33 heavy (non-hydrogen) atoms. The van der Waals surface area contributed by atoms with E-state index in [0.29, 0.717) is 35.0 Å². The molecule has 0 unspecified atom stereocenters. The molecule has 0 aromatic carbocycles. The first-order chi connectivity index (χ1) is 15.8. The summed E-state index contributed by atoms with van der Waals surface area (Å²) < 4.78 is 2.65. The summed E-state index contributed by atoms with van der Waals surface area (Å²) in [5.41, 5.74) is 0.684. The minimum atomic E-state index is -0.426. The average molecular weight is 488 g/mol. The highest BCUT2D eigenvalue weighted by molar-refractivity contribution is 8.00. The van der Waals surface area contributed by atoms with Crippen LogP contribution in [0.15, 0.2) is 31.4 Å². The molecule has 1 fully saturated rings. The summed E-state index contributed by atoms with van der Waals surface area (Å²) in [5, 5.41) is 4.86. The van der Waals surface area contributed by atoms with Crippen molar-refractivity contribution in [3.05, 3.63) is 49.1 Å². The molecule has 1 amide bonds. The minimum absolute atomic E-state index is 0.0141. The number of aryl methyl sites for hydroxylation is 1. The molecule has 3 heterocycles. The van der Waals surface area contributed by atoms with Crippen molar-refractivity contribution in [3.63, 3.8) is 0 Å². The molecule has 10 heteroatoms. The molecule has 0 atom stereocenters. The first-order valence-electron chi connectivity index (χ1n) is 11.3. The van der Waals surface area contributed by atoms with E-state index in [0.717, 1.165) is 29.4 Å². The Bertz CT molecular complexity index is 1280. The van der Waals surface area contributed by atoms with Gasteiger partial charge in [-0.15, -0.1) is 0 Å². The number of aromatic nitrogens is 4. The fourth-order valence-electron chi connectivity index (χ4n) is 3.74. The van der Waals surface area contributed by atoms with Crippen LogP contribution in [0.4, 0.5) is 0 Å². The van der Waals surface area contributed by atoms with Gasteiger partial charge in [-0.3, -0.25) is 18.7 Å². The van der Waals surface area contributed by atoms with Gasteiger partial charge in [-0.05, 0) is 41.7 Å². The second-order valence-corrected chi connectivity index (χ2v) is 10.5. The van der Waals surface area contributed by atoms with Crippen LogP contribution in [-0.4, -0.2) is 41.7 Å². The lowest BCUT2D eigenvalue weighted by molar-refractivity contribution is -0.129. The summed E-state index contributed by atoms with van der Waals surface area (Å²) in [6, 6.07) is 2.33. The van der Waals surface area contributed by atoms with Crippen molar-refractivity contribution in [1.82, 2.24) is 24.0 Å². The number of amides is 1. The quantitative estimate of drug-likeness (QED) is 0.340. The van der Waals surface area contributed by atoms with E-state index in [4.69, 9.17) is 0 Å². The summed E-state index contributed by atoms with van der Waals surface area (Å²) in [6.07, 6.45) is 2.78. The molecule has 1 aliphatic carbocycles. The monoisotopic (exact) mass is 487 g/mol. The van der Waals surface area contributed by atoms with Crippen LogP contribution in [0, 0.1) is 0 Å². The van der Waals surface area contributed by atoms with Crippen LogP contribution >= 0.6 is 23.1 Å². The highest BCUT2D eigenvalue weighted by atomic mass is 32.2. The second-order valence-electron chi connectivity index (χ2n) is 8.71. The van der Waals surface area contributed by atoms with Gasteiger partial charge >= 0.3 is 5.69 Å². The second kappa shape index (κ2) is 9.80. The molecule has 0 saturated heterocycles. The van der Waals surface area contributed by atoms with Gasteiger partial charge in [0.2, 0.25) is 5.91 Å². The molecule has 1 aliphatic rings. The zero-order valence-electron chi connectivity index (χ0n) is 19.4. The zero-order chi connectivity index (χ0) is 23.7. The van der Waals surface area contributed by atoms with Crippen LogP contribution < -0.4 is 11.2 Å². The average Bonchev–Trinajstić information content (AvgIpc) is 3.51. The SMILES string of the molecule is CCCn1c(=O)n(C)c(=O)c2c(SCC(=O)N(Cc3ccsc3)C3CC3)nc(C(C)C)nc21. The molecular weight excluding hydrogens is 458 g/mol. The first-order valence-corrected chi connectivity index (χ1v) is 13.2. The van der Waals surface area contributed by atoms with E-state index in [9.17, 15) is 14.4 Å². The summed E-state index contributed by atoms with van der Waals surface area (Å²) in [5.74, 6) is 0.790. The van der Waals surface area contributed by atoms with Gasteiger partial charge in [0.15, 0.2) is 5.65 Å². The molecule has 0 radical (unpaired) electrons. The van der Waals surface area contributed by atoms with E-state index in [2.05, 4.69) is 15.3 Å². The number of rotatable bonds is 9. The van der Waals surface area contributed by atoms with Crippen LogP contribution in [0.1, 0.15) is 57.3 Å². The van der Waals surface area contributed by atoms with E-state index in [1.165, 1.54) is 18.8 Å². The van der Waals surface area contributed by atoms with Crippen LogP contribution in [0.3, 0.4) is 0 Å². The lowest BCUT2D eigenvalue weighted by Crippen LogP contribution is -2.39. The normalized spacial score (nSPS) is 13.7. The van der Waals surface area contributed by atoms with Crippen molar-refractivity contribution in [3.8, 4) is 0 Å². The molecule has 3 aromatic rings. The molecule has 8 nitrogen and oxygen atoms in total. The van der Waals surface area contributed by atoms with Crippen LogP contribution in [0.25, 0.3) is 11.0 Å². The Labute approximate surface area is 200 Å². The third kappa shape index (κ3) is 4.91. The number of thioether (sulfide) groups is 1. The Morgan fingerprint density at radius 1 is 1.30 bits per heavy atom. The lowest BCUT2D eigenvalue weighted by atomic mass is 10.2. The number of fused-ring (bicyclic) bond motifs is 1. The summed E-state index contributed by atoms with van der Waals surface area (Å²) in [7, 11) is 1.47. The standard InChI is InChI=1S/C23H29N5O3S2/c1-5-9-27-20-18(22(30)26(4)23(27)31)21(25-19(24-20)14(2)3)33-13-17(29)28(16-6-7-16)11-15-8-10-32-12-15/h8,10,12,14,16H,5-7,9,11,13H2,1-4H3. The Hall–Kier alpha value is -2.46. The molecular formula is C23H29N5O3S2. The number of hydrogen-bond donors (Lipinski definition) is 0. The fourth-order valence-corrected chi connectivity index (χ4v) is 5.31. The summed E-state index contributed by atoms with van der Waals surface area (Å²) in [6.45, 7) is 6.98. The molecule has 1 saturated carbocycles. The Balaban J connectivity index is 1.71.